The first-order valence-corrected chi connectivity index (χ1v) is 12.4. The van der Waals surface area contributed by atoms with Crippen molar-refractivity contribution < 1.29 is 4.74 Å². The van der Waals surface area contributed by atoms with Crippen LogP contribution in [0.4, 0.5) is 0 Å². The Hall–Kier alpha value is -2.33. The molecule has 0 fully saturated rings. The summed E-state index contributed by atoms with van der Waals surface area (Å²) in [6.07, 6.45) is 4.96. The quantitative estimate of drug-likeness (QED) is 0.168. The zero-order chi connectivity index (χ0) is 22.5. The lowest BCUT2D eigenvalue weighted by Crippen LogP contribution is -2.12. The molecule has 4 rings (SSSR count). The minimum Gasteiger partial charge on any atom is -0.492 e. The predicted octanol–water partition coefficient (Wildman–Crippen LogP) is 5.14. The van der Waals surface area contributed by atoms with Crippen molar-refractivity contribution in [3.05, 3.63) is 80.4 Å². The summed E-state index contributed by atoms with van der Waals surface area (Å²) in [6.45, 7) is 4.92. The van der Waals surface area contributed by atoms with Gasteiger partial charge >= 0.3 is 0 Å². The molecule has 0 radical (unpaired) electrons. The number of nitrogens with zero attached hydrogens (tertiary/aromatic N) is 5. The van der Waals surface area contributed by atoms with E-state index in [-0.39, 0.29) is 5.56 Å². The number of fused-ring (bicyclic) bond motifs is 1. The van der Waals surface area contributed by atoms with E-state index in [0.29, 0.717) is 51.8 Å². The predicted molar refractivity (Wildman–Crippen MR) is 129 cm³/mol. The molecular weight excluding hydrogens is 489 g/mol. The van der Waals surface area contributed by atoms with Gasteiger partial charge in [-0.1, -0.05) is 41.0 Å². The molecule has 0 spiro atoms. The zero-order valence-electron chi connectivity index (χ0n) is 16.9. The van der Waals surface area contributed by atoms with Crippen molar-refractivity contribution in [2.45, 2.75) is 30.3 Å². The van der Waals surface area contributed by atoms with Gasteiger partial charge in [0.2, 0.25) is 0 Å². The normalized spacial score (nSPS) is 11.2. The van der Waals surface area contributed by atoms with Gasteiger partial charge in [0.15, 0.2) is 10.1 Å². The average molecular weight is 508 g/mol. The number of hydrogen-bond donors (Lipinski definition) is 0. The van der Waals surface area contributed by atoms with E-state index in [1.165, 1.54) is 27.5 Å². The van der Waals surface area contributed by atoms with Crippen molar-refractivity contribution in [1.82, 2.24) is 24.1 Å². The van der Waals surface area contributed by atoms with E-state index in [0.717, 1.165) is 17.4 Å². The molecule has 1 aromatic carbocycles. The first kappa shape index (κ1) is 22.8. The standard InChI is InChI=1S/C21H19Cl2N5O2S2/c1-2-7-27-18(4-3-9-30-17-6-5-14(22)11-16(17)23)25-26-21(27)32-13-15-12-19(29)28-8-10-31-20(28)24-15/h2,5-6,8,10-12H,1,3-4,7,9,13H2. The molecule has 3 aromatic heterocycles. The number of aromatic nitrogens is 5. The number of thioether (sulfide) groups is 1. The number of rotatable bonds is 10. The molecule has 32 heavy (non-hydrogen) atoms. The number of hydrogen-bond acceptors (Lipinski definition) is 7. The first-order valence-electron chi connectivity index (χ1n) is 9.74. The van der Waals surface area contributed by atoms with Gasteiger partial charge in [0.05, 0.1) is 17.3 Å². The highest BCUT2D eigenvalue weighted by Gasteiger charge is 2.13. The van der Waals surface area contributed by atoms with Crippen LogP contribution in [0.5, 0.6) is 5.75 Å². The Kier molecular flexibility index (Phi) is 7.51. The van der Waals surface area contributed by atoms with Crippen LogP contribution in [0, 0.1) is 0 Å². The molecule has 4 aromatic rings. The zero-order valence-corrected chi connectivity index (χ0v) is 20.1. The average Bonchev–Trinajstić information content (AvgIpc) is 3.39. The molecule has 0 N–H and O–H groups in total. The Morgan fingerprint density at radius 3 is 2.94 bits per heavy atom. The molecule has 3 heterocycles. The van der Waals surface area contributed by atoms with E-state index in [2.05, 4.69) is 21.8 Å². The lowest BCUT2D eigenvalue weighted by atomic mass is 10.3. The molecule has 0 saturated heterocycles. The summed E-state index contributed by atoms with van der Waals surface area (Å²) in [5.74, 6) is 1.97. The summed E-state index contributed by atoms with van der Waals surface area (Å²) >= 11 is 15.0. The minimum atomic E-state index is -0.0825. The maximum Gasteiger partial charge on any atom is 0.258 e. The van der Waals surface area contributed by atoms with Crippen LogP contribution in [-0.2, 0) is 18.7 Å². The van der Waals surface area contributed by atoms with Crippen molar-refractivity contribution in [1.29, 1.82) is 0 Å². The summed E-state index contributed by atoms with van der Waals surface area (Å²) in [5, 5.41) is 12.3. The third-order valence-corrected chi connectivity index (χ3v) is 6.79. The van der Waals surface area contributed by atoms with E-state index in [1.807, 2.05) is 16.0 Å². The lowest BCUT2D eigenvalue weighted by molar-refractivity contribution is 0.309. The molecule has 166 valence electrons. The van der Waals surface area contributed by atoms with Crippen LogP contribution in [0.15, 0.2) is 58.4 Å². The summed E-state index contributed by atoms with van der Waals surface area (Å²) in [4.78, 5) is 17.4. The SMILES string of the molecule is C=CCn1c(CCCOc2ccc(Cl)cc2Cl)nnc1SCc1cc(=O)n2ccsc2n1. The third-order valence-electron chi connectivity index (χ3n) is 4.51. The molecule has 0 bridgehead atoms. The van der Waals surface area contributed by atoms with Crippen LogP contribution in [0.2, 0.25) is 10.0 Å². The Labute approximate surface area is 202 Å². The Bertz CT molecular complexity index is 1300. The van der Waals surface area contributed by atoms with Gasteiger partial charge in [0.1, 0.15) is 11.6 Å². The maximum atomic E-state index is 12.2. The molecule has 0 amide bonds. The van der Waals surface area contributed by atoms with Gasteiger partial charge in [-0.05, 0) is 24.6 Å². The summed E-state index contributed by atoms with van der Waals surface area (Å²) in [5.41, 5.74) is 0.631. The summed E-state index contributed by atoms with van der Waals surface area (Å²) < 4.78 is 9.31. The highest BCUT2D eigenvalue weighted by atomic mass is 35.5. The van der Waals surface area contributed by atoms with Gasteiger partial charge in [-0.25, -0.2) is 4.98 Å². The topological polar surface area (TPSA) is 74.3 Å². The highest BCUT2D eigenvalue weighted by Crippen LogP contribution is 2.28. The van der Waals surface area contributed by atoms with Gasteiger partial charge in [-0.3, -0.25) is 9.20 Å². The number of halogens is 2. The molecule has 0 atom stereocenters. The number of aryl methyl sites for hydroxylation is 1. The van der Waals surface area contributed by atoms with Crippen LogP contribution in [0.3, 0.4) is 0 Å². The Morgan fingerprint density at radius 2 is 2.12 bits per heavy atom. The van der Waals surface area contributed by atoms with Crippen LogP contribution in [0.25, 0.3) is 4.96 Å². The second-order valence-electron chi connectivity index (χ2n) is 6.75. The molecule has 11 heteroatoms. The third kappa shape index (κ3) is 5.35. The van der Waals surface area contributed by atoms with Crippen molar-refractivity contribution >= 4 is 51.3 Å². The fraction of sp³-hybridized carbons (Fsp3) is 0.238. The van der Waals surface area contributed by atoms with E-state index < -0.39 is 0 Å². The summed E-state index contributed by atoms with van der Waals surface area (Å²) in [7, 11) is 0. The molecule has 7 nitrogen and oxygen atoms in total. The van der Waals surface area contributed by atoms with E-state index in [1.54, 1.807) is 30.5 Å². The van der Waals surface area contributed by atoms with Crippen molar-refractivity contribution in [3.8, 4) is 5.75 Å². The fourth-order valence-electron chi connectivity index (χ4n) is 3.03. The molecule has 0 unspecified atom stereocenters. The van der Waals surface area contributed by atoms with Gasteiger partial charge < -0.3 is 9.30 Å². The van der Waals surface area contributed by atoms with Crippen LogP contribution >= 0.6 is 46.3 Å². The lowest BCUT2D eigenvalue weighted by Gasteiger charge is -2.09. The second-order valence-corrected chi connectivity index (χ2v) is 9.41. The largest absolute Gasteiger partial charge is 0.492 e. The van der Waals surface area contributed by atoms with Crippen molar-refractivity contribution in [2.24, 2.45) is 0 Å². The fourth-order valence-corrected chi connectivity index (χ4v) is 5.09. The minimum absolute atomic E-state index is 0.0825. The van der Waals surface area contributed by atoms with Crippen LogP contribution in [-0.4, -0.2) is 30.8 Å². The highest BCUT2D eigenvalue weighted by molar-refractivity contribution is 7.98. The Morgan fingerprint density at radius 1 is 1.25 bits per heavy atom. The van der Waals surface area contributed by atoms with Gasteiger partial charge in [0.25, 0.3) is 5.56 Å². The molecule has 0 aliphatic rings. The second kappa shape index (κ2) is 10.5. The van der Waals surface area contributed by atoms with Gasteiger partial charge in [-0.2, -0.15) is 0 Å². The van der Waals surface area contributed by atoms with Crippen LogP contribution in [0.1, 0.15) is 17.9 Å². The van der Waals surface area contributed by atoms with E-state index in [9.17, 15) is 4.79 Å². The number of benzene rings is 1. The van der Waals surface area contributed by atoms with Gasteiger partial charge in [-0.15, -0.1) is 28.1 Å². The Balaban J connectivity index is 1.38. The van der Waals surface area contributed by atoms with Crippen molar-refractivity contribution in [2.75, 3.05) is 6.61 Å². The van der Waals surface area contributed by atoms with Crippen molar-refractivity contribution in [3.63, 3.8) is 0 Å². The first-order chi connectivity index (χ1) is 15.5. The number of ether oxygens (including phenoxy) is 1. The van der Waals surface area contributed by atoms with E-state index >= 15 is 0 Å². The summed E-state index contributed by atoms with van der Waals surface area (Å²) in [6, 6.07) is 6.71. The van der Waals surface area contributed by atoms with E-state index in [4.69, 9.17) is 27.9 Å². The maximum absolute atomic E-state index is 12.2. The number of thiazole rings is 1. The molecular formula is C21H19Cl2N5O2S2. The van der Waals surface area contributed by atoms with Gasteiger partial charge in [0, 0.05) is 41.4 Å². The number of allylic oxidation sites excluding steroid dienone is 1. The van der Waals surface area contributed by atoms with Crippen LogP contribution < -0.4 is 10.3 Å². The monoisotopic (exact) mass is 507 g/mol. The molecule has 0 saturated carbocycles. The molecule has 0 aliphatic heterocycles. The molecule has 0 aliphatic carbocycles. The smallest absolute Gasteiger partial charge is 0.258 e.